The molecule has 3 aromatic rings. The number of nitrogens with two attached hydrogens (primary N) is 1. The molecule has 0 aliphatic rings. The lowest BCUT2D eigenvalue weighted by molar-refractivity contribution is 1.28. The molecule has 3 aromatic heterocycles. The van der Waals surface area contributed by atoms with E-state index in [1.807, 2.05) is 37.3 Å². The van der Waals surface area contributed by atoms with Gasteiger partial charge < -0.3 is 5.73 Å². The molecule has 0 aromatic carbocycles. The number of pyridine rings is 2. The van der Waals surface area contributed by atoms with Gasteiger partial charge in [-0.1, -0.05) is 0 Å². The Labute approximate surface area is 126 Å². The van der Waals surface area contributed by atoms with E-state index in [9.17, 15) is 5.26 Å². The third-order valence-corrected chi connectivity index (χ3v) is 4.18. The van der Waals surface area contributed by atoms with E-state index in [2.05, 4.69) is 16.0 Å². The van der Waals surface area contributed by atoms with Crippen LogP contribution in [0.2, 0.25) is 0 Å². The van der Waals surface area contributed by atoms with Gasteiger partial charge in [0.25, 0.3) is 0 Å². The van der Waals surface area contributed by atoms with Gasteiger partial charge in [-0.15, -0.1) is 11.3 Å². The minimum atomic E-state index is 0.257. The van der Waals surface area contributed by atoms with E-state index in [0.29, 0.717) is 5.56 Å². The van der Waals surface area contributed by atoms with Gasteiger partial charge in [0, 0.05) is 33.3 Å². The van der Waals surface area contributed by atoms with Crippen molar-refractivity contribution >= 4 is 17.2 Å². The SMILES string of the molecule is Cc1ccc(-c2cc(-c3ccncc3)nc(N)c2C#N)s1. The zero-order valence-corrected chi connectivity index (χ0v) is 12.2. The second-order valence-electron chi connectivity index (χ2n) is 4.57. The zero-order chi connectivity index (χ0) is 14.8. The molecule has 102 valence electrons. The Kier molecular flexibility index (Phi) is 3.38. The second-order valence-corrected chi connectivity index (χ2v) is 5.86. The number of hydrogen-bond acceptors (Lipinski definition) is 5. The van der Waals surface area contributed by atoms with Gasteiger partial charge in [0.15, 0.2) is 0 Å². The highest BCUT2D eigenvalue weighted by Crippen LogP contribution is 2.34. The lowest BCUT2D eigenvalue weighted by atomic mass is 10.0. The van der Waals surface area contributed by atoms with E-state index in [4.69, 9.17) is 5.73 Å². The Morgan fingerprint density at radius 1 is 1.19 bits per heavy atom. The molecular weight excluding hydrogens is 280 g/mol. The average molecular weight is 292 g/mol. The summed E-state index contributed by atoms with van der Waals surface area (Å²) in [5.41, 5.74) is 8.90. The van der Waals surface area contributed by atoms with Crippen molar-refractivity contribution in [1.82, 2.24) is 9.97 Å². The number of nitriles is 1. The number of anilines is 1. The third kappa shape index (κ3) is 2.49. The maximum absolute atomic E-state index is 9.35. The maximum Gasteiger partial charge on any atom is 0.142 e. The summed E-state index contributed by atoms with van der Waals surface area (Å²) < 4.78 is 0. The number of nitrogens with zero attached hydrogens (tertiary/aromatic N) is 3. The van der Waals surface area contributed by atoms with Crippen LogP contribution in [0.15, 0.2) is 42.7 Å². The van der Waals surface area contributed by atoms with Gasteiger partial charge in [-0.05, 0) is 37.3 Å². The van der Waals surface area contributed by atoms with Crippen molar-refractivity contribution in [2.45, 2.75) is 6.92 Å². The topological polar surface area (TPSA) is 75.6 Å². The molecule has 0 fully saturated rings. The van der Waals surface area contributed by atoms with Crippen LogP contribution in [0.25, 0.3) is 21.7 Å². The van der Waals surface area contributed by atoms with E-state index in [-0.39, 0.29) is 5.82 Å². The van der Waals surface area contributed by atoms with E-state index < -0.39 is 0 Å². The van der Waals surface area contributed by atoms with Gasteiger partial charge in [-0.2, -0.15) is 5.26 Å². The van der Waals surface area contributed by atoms with Crippen LogP contribution in [0.4, 0.5) is 5.82 Å². The first kappa shape index (κ1) is 13.3. The molecular formula is C16H12N4S. The van der Waals surface area contributed by atoms with Crippen molar-refractivity contribution in [1.29, 1.82) is 5.26 Å². The number of thiophene rings is 1. The fourth-order valence-corrected chi connectivity index (χ4v) is 3.02. The first-order chi connectivity index (χ1) is 10.2. The molecule has 3 heterocycles. The van der Waals surface area contributed by atoms with Crippen molar-refractivity contribution in [3.63, 3.8) is 0 Å². The quantitative estimate of drug-likeness (QED) is 0.782. The van der Waals surface area contributed by atoms with Gasteiger partial charge in [-0.25, -0.2) is 4.98 Å². The molecule has 0 aliphatic carbocycles. The number of aromatic nitrogens is 2. The largest absolute Gasteiger partial charge is 0.383 e. The van der Waals surface area contributed by atoms with Crippen molar-refractivity contribution in [2.75, 3.05) is 5.73 Å². The fourth-order valence-electron chi connectivity index (χ4n) is 2.13. The van der Waals surface area contributed by atoms with Gasteiger partial charge >= 0.3 is 0 Å². The van der Waals surface area contributed by atoms with Gasteiger partial charge in [0.05, 0.1) is 5.69 Å². The predicted molar refractivity (Wildman–Crippen MR) is 84.6 cm³/mol. The van der Waals surface area contributed by atoms with Gasteiger partial charge in [0.2, 0.25) is 0 Å². The summed E-state index contributed by atoms with van der Waals surface area (Å²) in [6, 6.07) is 11.9. The molecule has 5 heteroatoms. The number of aryl methyl sites for hydroxylation is 1. The van der Waals surface area contributed by atoms with Gasteiger partial charge in [-0.3, -0.25) is 4.98 Å². The summed E-state index contributed by atoms with van der Waals surface area (Å²) in [6.07, 6.45) is 3.42. The first-order valence-corrected chi connectivity index (χ1v) is 7.18. The second kappa shape index (κ2) is 5.35. The van der Waals surface area contributed by atoms with E-state index in [0.717, 1.165) is 21.7 Å². The van der Waals surface area contributed by atoms with E-state index in [1.54, 1.807) is 23.7 Å². The molecule has 0 saturated carbocycles. The molecule has 3 rings (SSSR count). The van der Waals surface area contributed by atoms with E-state index in [1.165, 1.54) is 4.88 Å². The number of rotatable bonds is 2. The maximum atomic E-state index is 9.35. The summed E-state index contributed by atoms with van der Waals surface area (Å²) in [6.45, 7) is 2.04. The average Bonchev–Trinajstić information content (AvgIpc) is 2.94. The summed E-state index contributed by atoms with van der Waals surface area (Å²) >= 11 is 1.64. The highest BCUT2D eigenvalue weighted by molar-refractivity contribution is 7.15. The lowest BCUT2D eigenvalue weighted by Crippen LogP contribution is -1.99. The number of hydrogen-bond donors (Lipinski definition) is 1. The Morgan fingerprint density at radius 2 is 1.95 bits per heavy atom. The molecule has 0 bridgehead atoms. The van der Waals surface area contributed by atoms with Crippen LogP contribution in [0.1, 0.15) is 10.4 Å². The Morgan fingerprint density at radius 3 is 2.57 bits per heavy atom. The Balaban J connectivity index is 2.23. The molecule has 0 aliphatic heterocycles. The third-order valence-electron chi connectivity index (χ3n) is 3.14. The monoisotopic (exact) mass is 292 g/mol. The minimum Gasteiger partial charge on any atom is -0.383 e. The van der Waals surface area contributed by atoms with Crippen LogP contribution in [0, 0.1) is 18.3 Å². The van der Waals surface area contributed by atoms with Crippen molar-refractivity contribution in [2.24, 2.45) is 0 Å². The predicted octanol–water partition coefficient (Wildman–Crippen LogP) is 3.63. The summed E-state index contributed by atoms with van der Waals surface area (Å²) in [5, 5.41) is 9.35. The summed E-state index contributed by atoms with van der Waals surface area (Å²) in [4.78, 5) is 10.6. The van der Waals surface area contributed by atoms with Crippen LogP contribution in [0.3, 0.4) is 0 Å². The minimum absolute atomic E-state index is 0.257. The summed E-state index contributed by atoms with van der Waals surface area (Å²) in [7, 11) is 0. The normalized spacial score (nSPS) is 10.3. The van der Waals surface area contributed by atoms with Crippen LogP contribution in [-0.4, -0.2) is 9.97 Å². The smallest absolute Gasteiger partial charge is 0.142 e. The fraction of sp³-hybridized carbons (Fsp3) is 0.0625. The molecule has 0 saturated heterocycles. The highest BCUT2D eigenvalue weighted by Gasteiger charge is 2.14. The lowest BCUT2D eigenvalue weighted by Gasteiger charge is -2.08. The van der Waals surface area contributed by atoms with E-state index >= 15 is 0 Å². The molecule has 4 nitrogen and oxygen atoms in total. The molecule has 0 unspecified atom stereocenters. The zero-order valence-electron chi connectivity index (χ0n) is 11.4. The standard InChI is InChI=1S/C16H12N4S/c1-10-2-3-15(21-10)12-8-14(11-4-6-19-7-5-11)20-16(18)13(12)9-17/h2-8H,1H3,(H2,18,20). The van der Waals surface area contributed by atoms with Crippen molar-refractivity contribution < 1.29 is 0 Å². The molecule has 0 atom stereocenters. The molecule has 0 amide bonds. The molecule has 0 radical (unpaired) electrons. The van der Waals surface area contributed by atoms with Crippen LogP contribution in [-0.2, 0) is 0 Å². The Bertz CT molecular complexity index is 831. The van der Waals surface area contributed by atoms with Crippen LogP contribution in [0.5, 0.6) is 0 Å². The van der Waals surface area contributed by atoms with Gasteiger partial charge in [0.1, 0.15) is 17.5 Å². The first-order valence-electron chi connectivity index (χ1n) is 6.37. The van der Waals surface area contributed by atoms with Crippen LogP contribution < -0.4 is 5.73 Å². The molecule has 2 N–H and O–H groups in total. The highest BCUT2D eigenvalue weighted by atomic mass is 32.1. The Hall–Kier alpha value is -2.71. The van der Waals surface area contributed by atoms with Crippen molar-refractivity contribution in [3.05, 3.63) is 53.2 Å². The molecule has 0 spiro atoms. The number of nitrogen functional groups attached to an aromatic ring is 1. The molecule has 21 heavy (non-hydrogen) atoms. The van der Waals surface area contributed by atoms with Crippen molar-refractivity contribution in [3.8, 4) is 27.8 Å². The summed E-state index contributed by atoms with van der Waals surface area (Å²) in [5.74, 6) is 0.257. The van der Waals surface area contributed by atoms with Crippen LogP contribution >= 0.6 is 11.3 Å².